The normalized spacial score (nSPS) is 17.3. The first-order valence-corrected chi connectivity index (χ1v) is 7.04. The van der Waals surface area contributed by atoms with Gasteiger partial charge < -0.3 is 14.2 Å². The van der Waals surface area contributed by atoms with Gasteiger partial charge >= 0.3 is 5.97 Å². The predicted molar refractivity (Wildman–Crippen MR) is 73.1 cm³/mol. The van der Waals surface area contributed by atoms with Crippen molar-refractivity contribution in [3.05, 3.63) is 0 Å². The van der Waals surface area contributed by atoms with Crippen molar-refractivity contribution < 1.29 is 19.0 Å². The zero-order chi connectivity index (χ0) is 14.3. The van der Waals surface area contributed by atoms with E-state index in [9.17, 15) is 4.79 Å². The molecule has 112 valence electrons. The maximum absolute atomic E-state index is 11.8. The van der Waals surface area contributed by atoms with Crippen LogP contribution >= 0.6 is 0 Å². The molecule has 1 fully saturated rings. The third-order valence-electron chi connectivity index (χ3n) is 3.27. The highest BCUT2D eigenvalue weighted by atomic mass is 16.5. The molecule has 1 unspecified atom stereocenters. The molecule has 1 saturated carbocycles. The predicted octanol–water partition coefficient (Wildman–Crippen LogP) is 1.50. The Morgan fingerprint density at radius 2 is 2.11 bits per heavy atom. The molecule has 0 heterocycles. The average Bonchev–Trinajstić information content (AvgIpc) is 3.17. The fourth-order valence-corrected chi connectivity index (χ4v) is 1.58. The van der Waals surface area contributed by atoms with Crippen LogP contribution in [0.25, 0.3) is 0 Å². The first kappa shape index (κ1) is 16.4. The van der Waals surface area contributed by atoms with Crippen molar-refractivity contribution in [3.8, 4) is 0 Å². The quantitative estimate of drug-likeness (QED) is 0.483. The Morgan fingerprint density at radius 3 is 2.63 bits per heavy atom. The summed E-state index contributed by atoms with van der Waals surface area (Å²) in [6.45, 7) is 7.17. The molecule has 1 atom stereocenters. The van der Waals surface area contributed by atoms with Crippen LogP contribution in [0.5, 0.6) is 0 Å². The van der Waals surface area contributed by atoms with Crippen LogP contribution in [0, 0.1) is 0 Å². The molecule has 1 aliphatic rings. The van der Waals surface area contributed by atoms with Crippen molar-refractivity contribution in [2.24, 2.45) is 0 Å². The summed E-state index contributed by atoms with van der Waals surface area (Å²) in [6.07, 6.45) is 3.06. The van der Waals surface area contributed by atoms with E-state index in [1.807, 2.05) is 20.8 Å². The molecule has 0 aromatic heterocycles. The molecular weight excluding hydrogens is 246 g/mol. The van der Waals surface area contributed by atoms with Crippen LogP contribution in [-0.2, 0) is 19.0 Å². The Bertz CT molecular complexity index is 277. The zero-order valence-electron chi connectivity index (χ0n) is 12.5. The highest BCUT2D eigenvalue weighted by Crippen LogP contribution is 2.20. The fraction of sp³-hybridized carbons (Fsp3) is 0.929. The van der Waals surface area contributed by atoms with E-state index in [4.69, 9.17) is 14.2 Å². The van der Waals surface area contributed by atoms with Crippen LogP contribution < -0.4 is 5.32 Å². The maximum Gasteiger partial charge on any atom is 0.325 e. The Labute approximate surface area is 116 Å². The van der Waals surface area contributed by atoms with Crippen LogP contribution in [0.3, 0.4) is 0 Å². The van der Waals surface area contributed by atoms with Crippen molar-refractivity contribution >= 4 is 5.97 Å². The van der Waals surface area contributed by atoms with Gasteiger partial charge in [0.25, 0.3) is 0 Å². The van der Waals surface area contributed by atoms with Gasteiger partial charge in [0, 0.05) is 19.8 Å². The highest BCUT2D eigenvalue weighted by Gasteiger charge is 2.29. The highest BCUT2D eigenvalue weighted by molar-refractivity contribution is 5.76. The molecule has 0 aromatic carbocycles. The molecule has 1 rings (SSSR count). The standard InChI is InChI=1S/C14H27NO4/c1-5-19-13(16)12(15-11-6-7-11)10-18-9-8-14(2,3)17-4/h11-12,15H,5-10H2,1-4H3. The van der Waals surface area contributed by atoms with Crippen molar-refractivity contribution in [3.63, 3.8) is 0 Å². The number of carbonyl (C=O) groups is 1. The van der Waals surface area contributed by atoms with Gasteiger partial charge in [-0.3, -0.25) is 10.1 Å². The lowest BCUT2D eigenvalue weighted by Crippen LogP contribution is -2.43. The number of rotatable bonds is 10. The molecule has 1 aliphatic carbocycles. The van der Waals surface area contributed by atoms with Gasteiger partial charge in [-0.15, -0.1) is 0 Å². The van der Waals surface area contributed by atoms with E-state index in [2.05, 4.69) is 5.32 Å². The molecule has 19 heavy (non-hydrogen) atoms. The molecule has 1 N–H and O–H groups in total. The molecule has 0 aliphatic heterocycles. The number of ether oxygens (including phenoxy) is 3. The van der Waals surface area contributed by atoms with E-state index in [-0.39, 0.29) is 17.6 Å². The minimum absolute atomic E-state index is 0.191. The van der Waals surface area contributed by atoms with Crippen LogP contribution in [0.15, 0.2) is 0 Å². The minimum atomic E-state index is -0.349. The van der Waals surface area contributed by atoms with E-state index in [1.54, 1.807) is 7.11 Å². The number of hydrogen-bond acceptors (Lipinski definition) is 5. The van der Waals surface area contributed by atoms with Gasteiger partial charge in [-0.05, 0) is 40.0 Å². The molecular formula is C14H27NO4. The number of esters is 1. The number of nitrogens with one attached hydrogen (secondary N) is 1. The lowest BCUT2D eigenvalue weighted by atomic mass is 10.1. The summed E-state index contributed by atoms with van der Waals surface area (Å²) in [6, 6.07) is 0.103. The summed E-state index contributed by atoms with van der Waals surface area (Å²) in [4.78, 5) is 11.8. The SMILES string of the molecule is CCOC(=O)C(COCCC(C)(C)OC)NC1CC1. The second-order valence-electron chi connectivity index (χ2n) is 5.53. The van der Waals surface area contributed by atoms with Gasteiger partial charge in [-0.25, -0.2) is 0 Å². The van der Waals surface area contributed by atoms with Gasteiger partial charge in [0.1, 0.15) is 6.04 Å². The van der Waals surface area contributed by atoms with Crippen LogP contribution in [0.2, 0.25) is 0 Å². The van der Waals surface area contributed by atoms with Crippen molar-refractivity contribution in [1.82, 2.24) is 5.32 Å². The molecule has 5 nitrogen and oxygen atoms in total. The summed E-state index contributed by atoms with van der Waals surface area (Å²) in [7, 11) is 1.69. The first-order valence-electron chi connectivity index (χ1n) is 7.04. The maximum atomic E-state index is 11.8. The second-order valence-corrected chi connectivity index (χ2v) is 5.53. The van der Waals surface area contributed by atoms with Crippen molar-refractivity contribution in [2.75, 3.05) is 26.9 Å². The summed E-state index contributed by atoms with van der Waals surface area (Å²) in [5.41, 5.74) is -0.191. The summed E-state index contributed by atoms with van der Waals surface area (Å²) >= 11 is 0. The summed E-state index contributed by atoms with van der Waals surface area (Å²) in [5, 5.41) is 3.26. The van der Waals surface area contributed by atoms with E-state index in [0.29, 0.717) is 25.9 Å². The summed E-state index contributed by atoms with van der Waals surface area (Å²) < 4.78 is 16.0. The Hall–Kier alpha value is -0.650. The minimum Gasteiger partial charge on any atom is -0.465 e. The molecule has 0 aromatic rings. The largest absolute Gasteiger partial charge is 0.465 e. The van der Waals surface area contributed by atoms with Gasteiger partial charge in [0.2, 0.25) is 0 Å². The molecule has 0 radical (unpaired) electrons. The topological polar surface area (TPSA) is 56.8 Å². The number of methoxy groups -OCH3 is 1. The average molecular weight is 273 g/mol. The fourth-order valence-electron chi connectivity index (χ4n) is 1.58. The Kier molecular flexibility index (Phi) is 6.75. The van der Waals surface area contributed by atoms with E-state index in [1.165, 1.54) is 0 Å². The van der Waals surface area contributed by atoms with Crippen LogP contribution in [0.1, 0.15) is 40.0 Å². The van der Waals surface area contributed by atoms with E-state index in [0.717, 1.165) is 19.3 Å². The molecule has 0 bridgehead atoms. The van der Waals surface area contributed by atoms with Crippen molar-refractivity contribution in [1.29, 1.82) is 0 Å². The molecule has 0 saturated heterocycles. The Balaban J connectivity index is 2.25. The zero-order valence-corrected chi connectivity index (χ0v) is 12.5. The Morgan fingerprint density at radius 1 is 1.42 bits per heavy atom. The smallest absolute Gasteiger partial charge is 0.325 e. The van der Waals surface area contributed by atoms with E-state index < -0.39 is 0 Å². The molecule has 0 amide bonds. The second kappa shape index (κ2) is 7.82. The lowest BCUT2D eigenvalue weighted by molar-refractivity contribution is -0.147. The number of carbonyl (C=O) groups excluding carboxylic acids is 1. The number of hydrogen-bond donors (Lipinski definition) is 1. The monoisotopic (exact) mass is 273 g/mol. The van der Waals surface area contributed by atoms with E-state index >= 15 is 0 Å². The third-order valence-corrected chi connectivity index (χ3v) is 3.27. The van der Waals surface area contributed by atoms with Gasteiger partial charge in [0.05, 0.1) is 18.8 Å². The molecule has 0 spiro atoms. The summed E-state index contributed by atoms with van der Waals surface area (Å²) in [5.74, 6) is -0.222. The van der Waals surface area contributed by atoms with Gasteiger partial charge in [0.15, 0.2) is 0 Å². The van der Waals surface area contributed by atoms with Gasteiger partial charge in [-0.1, -0.05) is 0 Å². The van der Waals surface area contributed by atoms with Crippen LogP contribution in [-0.4, -0.2) is 50.6 Å². The third kappa shape index (κ3) is 6.89. The van der Waals surface area contributed by atoms with Crippen LogP contribution in [0.4, 0.5) is 0 Å². The first-order chi connectivity index (χ1) is 8.98. The van der Waals surface area contributed by atoms with Gasteiger partial charge in [-0.2, -0.15) is 0 Å². The van der Waals surface area contributed by atoms with Crippen molar-refractivity contribution in [2.45, 2.75) is 57.7 Å². The molecule has 5 heteroatoms. The lowest BCUT2D eigenvalue weighted by Gasteiger charge is -2.23.